The fourth-order valence-corrected chi connectivity index (χ4v) is 7.02. The van der Waals surface area contributed by atoms with E-state index in [1.807, 2.05) is 11.0 Å². The third-order valence-corrected chi connectivity index (χ3v) is 10.2. The van der Waals surface area contributed by atoms with Crippen molar-refractivity contribution in [2.24, 2.45) is 5.73 Å². The van der Waals surface area contributed by atoms with Crippen molar-refractivity contribution in [2.75, 3.05) is 56.4 Å². The number of carbonyl (C=O) groups is 3. The number of benzene rings is 1. The summed E-state index contributed by atoms with van der Waals surface area (Å²) in [6.07, 6.45) is 1.52. The first-order chi connectivity index (χ1) is 28.6. The highest BCUT2D eigenvalue weighted by molar-refractivity contribution is 5.89. The van der Waals surface area contributed by atoms with Crippen LogP contribution < -0.4 is 20.3 Å². The van der Waals surface area contributed by atoms with Crippen LogP contribution >= 0.6 is 0 Å². The van der Waals surface area contributed by atoms with Crippen LogP contribution in [-0.4, -0.2) is 101 Å². The second kappa shape index (κ2) is 22.1. The van der Waals surface area contributed by atoms with E-state index >= 15 is 0 Å². The van der Waals surface area contributed by atoms with E-state index < -0.39 is 41.4 Å². The highest BCUT2D eigenvalue weighted by atomic mass is 19.4. The molecule has 326 valence electrons. The summed E-state index contributed by atoms with van der Waals surface area (Å²) in [5, 5.41) is 36.3. The highest BCUT2D eigenvalue weighted by Gasteiger charge is 2.47. The number of nitrogens with zero attached hydrogens (tertiary/aromatic N) is 6. The molecule has 0 spiro atoms. The lowest BCUT2D eigenvalue weighted by molar-refractivity contribution is -0.138. The molecule has 0 radical (unpaired) electrons. The number of rotatable bonds is 18. The normalized spacial score (nSPS) is 17.5. The van der Waals surface area contributed by atoms with Gasteiger partial charge in [-0.05, 0) is 68.4 Å². The Morgan fingerprint density at radius 1 is 0.967 bits per heavy atom. The van der Waals surface area contributed by atoms with Crippen LogP contribution in [0.2, 0.25) is 0 Å². The lowest BCUT2D eigenvalue weighted by Crippen LogP contribution is -2.61. The first kappa shape index (κ1) is 47.1. The van der Waals surface area contributed by atoms with Gasteiger partial charge in [0.15, 0.2) is 0 Å². The van der Waals surface area contributed by atoms with Crippen LogP contribution in [0.15, 0.2) is 36.5 Å². The summed E-state index contributed by atoms with van der Waals surface area (Å²) < 4.78 is 57.1. The molecule has 0 bridgehead atoms. The maximum Gasteiger partial charge on any atom is 0.416 e. The number of morpholine rings is 1. The van der Waals surface area contributed by atoms with Gasteiger partial charge in [-0.2, -0.15) is 18.4 Å². The smallest absolute Gasteiger partial charge is 0.416 e. The molecule has 2 aliphatic rings. The minimum Gasteiger partial charge on any atom is -0.481 e. The van der Waals surface area contributed by atoms with Crippen LogP contribution in [0.1, 0.15) is 111 Å². The van der Waals surface area contributed by atoms with Crippen molar-refractivity contribution in [2.45, 2.75) is 95.3 Å². The lowest BCUT2D eigenvalue weighted by atomic mass is 9.83. The Morgan fingerprint density at radius 2 is 1.62 bits per heavy atom. The number of hydrogen-bond acceptors (Lipinski definition) is 12. The lowest BCUT2D eigenvalue weighted by Gasteiger charge is -2.45. The Labute approximate surface area is 346 Å². The van der Waals surface area contributed by atoms with Crippen molar-refractivity contribution in [3.8, 4) is 11.9 Å². The maximum atomic E-state index is 13.7. The number of hydrogen-bond donors (Lipinski definition) is 4. The number of nitrogens with two attached hydrogens (primary N) is 1. The summed E-state index contributed by atoms with van der Waals surface area (Å²) in [6.45, 7) is 5.09. The van der Waals surface area contributed by atoms with E-state index in [-0.39, 0.29) is 60.6 Å². The maximum absolute atomic E-state index is 13.7. The Hall–Kier alpha value is -5.58. The van der Waals surface area contributed by atoms with Crippen LogP contribution in [0.25, 0.3) is 0 Å². The molecule has 3 aromatic rings. The molecule has 1 amide bonds. The van der Waals surface area contributed by atoms with Gasteiger partial charge in [0, 0.05) is 51.6 Å². The minimum absolute atomic E-state index is 0.0191. The van der Waals surface area contributed by atoms with Gasteiger partial charge in [0.1, 0.15) is 11.5 Å². The Bertz CT molecular complexity index is 1950. The fourth-order valence-electron chi connectivity index (χ4n) is 7.02. The number of aliphatic carboxylic acids is 2. The van der Waals surface area contributed by atoms with Crippen LogP contribution in [-0.2, 0) is 31.7 Å². The van der Waals surface area contributed by atoms with E-state index in [4.69, 9.17) is 35.1 Å². The average Bonchev–Trinajstić information content (AvgIpc) is 3.22. The minimum atomic E-state index is -4.64. The van der Waals surface area contributed by atoms with Gasteiger partial charge in [-0.3, -0.25) is 14.5 Å². The van der Waals surface area contributed by atoms with Gasteiger partial charge in [0.2, 0.25) is 5.88 Å². The number of fused-ring (bicyclic) bond motifs is 1. The van der Waals surface area contributed by atoms with Gasteiger partial charge in [0.05, 0.1) is 72.4 Å². The molecule has 0 unspecified atom stereocenters. The molecule has 1 aromatic carbocycles. The van der Waals surface area contributed by atoms with Gasteiger partial charge in [-0.25, -0.2) is 19.7 Å². The molecule has 5 N–H and O–H groups in total. The molecule has 60 heavy (non-hydrogen) atoms. The third-order valence-electron chi connectivity index (χ3n) is 10.2. The average molecular weight is 844 g/mol. The van der Waals surface area contributed by atoms with Gasteiger partial charge in [-0.1, -0.05) is 19.8 Å². The largest absolute Gasteiger partial charge is 0.481 e. The van der Waals surface area contributed by atoms with Crippen LogP contribution in [0.5, 0.6) is 5.88 Å². The quantitative estimate of drug-likeness (QED) is 0.0991. The van der Waals surface area contributed by atoms with Crippen LogP contribution in [0.3, 0.4) is 0 Å². The van der Waals surface area contributed by atoms with Gasteiger partial charge < -0.3 is 40.2 Å². The van der Waals surface area contributed by atoms with Crippen LogP contribution in [0, 0.1) is 11.3 Å². The Kier molecular flexibility index (Phi) is 17.4. The number of carboxylic acid groups (broad SMARTS) is 3. The molecule has 1 saturated heterocycles. The van der Waals surface area contributed by atoms with E-state index in [1.54, 1.807) is 25.3 Å². The van der Waals surface area contributed by atoms with Crippen molar-refractivity contribution in [1.82, 2.24) is 15.0 Å². The summed E-state index contributed by atoms with van der Waals surface area (Å²) in [4.78, 5) is 50.0. The van der Waals surface area contributed by atoms with Crippen molar-refractivity contribution in [3.05, 3.63) is 70.4 Å². The summed E-state index contributed by atoms with van der Waals surface area (Å²) in [6, 6.07) is 8.17. The molecule has 0 aliphatic carbocycles. The van der Waals surface area contributed by atoms with E-state index in [1.165, 1.54) is 13.2 Å². The van der Waals surface area contributed by atoms with E-state index in [2.05, 4.69) is 9.97 Å². The predicted molar refractivity (Wildman–Crippen MR) is 212 cm³/mol. The zero-order chi connectivity index (χ0) is 43.9. The Balaban J connectivity index is 0.000000395. The molecule has 2 aromatic heterocycles. The number of pyridine rings is 1. The summed E-state index contributed by atoms with van der Waals surface area (Å²) >= 11 is 0. The van der Waals surface area contributed by atoms with Gasteiger partial charge >= 0.3 is 24.2 Å². The Morgan fingerprint density at radius 3 is 2.17 bits per heavy atom. The van der Waals surface area contributed by atoms with Gasteiger partial charge in [-0.15, -0.1) is 0 Å². The number of carboxylic acids is 2. The molecule has 4 heterocycles. The molecule has 2 atom stereocenters. The summed E-state index contributed by atoms with van der Waals surface area (Å²) in [5.74, 6) is -1.60. The van der Waals surface area contributed by atoms with Crippen molar-refractivity contribution < 1.29 is 57.1 Å². The summed E-state index contributed by atoms with van der Waals surface area (Å²) in [7, 11) is 1.44. The highest BCUT2D eigenvalue weighted by Crippen LogP contribution is 2.45. The number of anilines is 2. The first-order valence-electron chi connectivity index (χ1n) is 19.8. The van der Waals surface area contributed by atoms with E-state index in [0.717, 1.165) is 42.7 Å². The SMILES string of the molecule is CC[C@]1(N)C[C@H](c2ncc(N3CCOCC3)c(Cc3cc(C#N)cc(C(F)(F)F)c3)n2)c2nc(OC)ccc2N1C(=O)O.O=C(O)CCCCCOCCCCCC(=O)O. The van der Waals surface area contributed by atoms with E-state index in [0.29, 0.717) is 69.4 Å². The molecule has 0 saturated carbocycles. The fraction of sp³-hybridized carbons (Fsp3) is 0.537. The zero-order valence-corrected chi connectivity index (χ0v) is 33.7. The first-order valence-corrected chi connectivity index (χ1v) is 19.8. The number of methoxy groups -OCH3 is 1. The number of ether oxygens (including phenoxy) is 3. The topological polar surface area (TPSA) is 235 Å². The molecular formula is C41H52F3N7O9. The number of unbranched alkanes of at least 4 members (excludes halogenated alkanes) is 4. The number of amides is 1. The van der Waals surface area contributed by atoms with Crippen LogP contribution in [0.4, 0.5) is 29.3 Å². The molecule has 5 rings (SSSR count). The number of halogens is 3. The molecule has 16 nitrogen and oxygen atoms in total. The van der Waals surface area contributed by atoms with Crippen molar-refractivity contribution >= 4 is 29.4 Å². The van der Waals surface area contributed by atoms with E-state index in [9.17, 15) is 37.9 Å². The second-order valence-electron chi connectivity index (χ2n) is 14.5. The molecular weight excluding hydrogens is 791 g/mol. The standard InChI is InChI=1S/C29H30F3N7O4.C12H22O5/c1-3-28(34)14-20(25-22(39(28)27(40)41)4-5-24(37-25)42-2)26-35-16-23(38-6-8-43-9-7-38)21(36-26)13-17-10-18(15-33)12-19(11-17)29(30,31)32;13-11(14)7-3-1-5-9-17-10-6-2-4-8-12(15)16/h4-5,10-12,16,20H,3,6-9,13-14,34H2,1-2H3,(H,40,41);1-10H2,(H,13,14)(H,15,16)/t20-,28+;/m0./s1. The second-order valence-corrected chi connectivity index (χ2v) is 14.5. The molecule has 19 heteroatoms. The predicted octanol–water partition coefficient (Wildman–Crippen LogP) is 6.58. The zero-order valence-electron chi connectivity index (χ0n) is 33.7. The van der Waals surface area contributed by atoms with Crippen molar-refractivity contribution in [3.63, 3.8) is 0 Å². The van der Waals surface area contributed by atoms with Crippen molar-refractivity contribution in [1.29, 1.82) is 5.26 Å². The van der Waals surface area contributed by atoms with Gasteiger partial charge in [0.25, 0.3) is 0 Å². The molecule has 1 fully saturated rings. The summed E-state index contributed by atoms with van der Waals surface area (Å²) in [5.41, 5.74) is 6.28. The monoisotopic (exact) mass is 843 g/mol. The molecule has 2 aliphatic heterocycles. The number of alkyl halides is 3. The number of aromatic nitrogens is 3. The number of nitriles is 1. The third kappa shape index (κ3) is 13.2.